The van der Waals surface area contributed by atoms with Gasteiger partial charge in [0.1, 0.15) is 0 Å². The predicted molar refractivity (Wildman–Crippen MR) is 44.6 cm³/mol. The number of hydrogen-bond donors (Lipinski definition) is 0. The van der Waals surface area contributed by atoms with Crippen molar-refractivity contribution in [2.75, 3.05) is 13.7 Å². The first-order chi connectivity index (χ1) is 4.06. The lowest BCUT2D eigenvalue weighted by Gasteiger charge is -2.05. The Bertz CT molecular complexity index is 72.7. The summed E-state index contributed by atoms with van der Waals surface area (Å²) in [5.74, 6) is 0. The van der Waals surface area contributed by atoms with Gasteiger partial charge >= 0.3 is 6.00 Å². The van der Waals surface area contributed by atoms with Gasteiger partial charge in [-0.3, -0.25) is 0 Å². The summed E-state index contributed by atoms with van der Waals surface area (Å²) >= 11 is 16.7. The first-order valence-corrected chi connectivity index (χ1v) is 7.86. The van der Waals surface area contributed by atoms with E-state index in [4.69, 9.17) is 38.0 Å². The first kappa shape index (κ1) is 10.0. The van der Waals surface area contributed by atoms with Crippen LogP contribution in [0.15, 0.2) is 0 Å². The van der Waals surface area contributed by atoms with Gasteiger partial charge in [0.25, 0.3) is 0 Å². The van der Waals surface area contributed by atoms with E-state index in [9.17, 15) is 0 Å². The molecule has 0 saturated heterocycles. The monoisotopic (exact) mass is 206 g/mol. The Balaban J connectivity index is 3.07. The van der Waals surface area contributed by atoms with Crippen LogP contribution in [0.25, 0.3) is 0 Å². The summed E-state index contributed by atoms with van der Waals surface area (Å²) in [5.41, 5.74) is 0. The van der Waals surface area contributed by atoms with Crippen molar-refractivity contribution >= 4 is 39.2 Å². The second kappa shape index (κ2) is 4.80. The predicted octanol–water partition coefficient (Wildman–Crippen LogP) is 2.68. The summed E-state index contributed by atoms with van der Waals surface area (Å²) in [4.78, 5) is 0. The van der Waals surface area contributed by atoms with E-state index in [0.29, 0.717) is 12.7 Å². The summed E-state index contributed by atoms with van der Waals surface area (Å²) in [6.45, 7) is 0.681. The molecule has 0 fully saturated rings. The average Bonchev–Trinajstić information content (AvgIpc) is 1.63. The van der Waals surface area contributed by atoms with Crippen molar-refractivity contribution in [3.05, 3.63) is 0 Å². The molecule has 56 valence electrons. The zero-order valence-electron chi connectivity index (χ0n) is 5.16. The van der Waals surface area contributed by atoms with Crippen LogP contribution in [0.4, 0.5) is 0 Å². The molecule has 0 N–H and O–H groups in total. The molecule has 0 aliphatic carbocycles. The SMILES string of the molecule is COCCC[Si](Cl)(Cl)Cl. The highest BCUT2D eigenvalue weighted by molar-refractivity contribution is 7.64. The summed E-state index contributed by atoms with van der Waals surface area (Å²) in [5, 5.41) is 0. The maximum atomic E-state index is 5.58. The molecular weight excluding hydrogens is 198 g/mol. The summed E-state index contributed by atoms with van der Waals surface area (Å²) in [6.07, 6.45) is 0.846. The van der Waals surface area contributed by atoms with Crippen LogP contribution in [0.5, 0.6) is 0 Å². The smallest absolute Gasteiger partial charge is 0.341 e. The molecule has 0 aromatic carbocycles. The molecule has 0 spiro atoms. The number of hydrogen-bond acceptors (Lipinski definition) is 1. The van der Waals surface area contributed by atoms with Crippen molar-refractivity contribution in [2.45, 2.75) is 12.5 Å². The molecule has 5 heteroatoms. The van der Waals surface area contributed by atoms with E-state index >= 15 is 0 Å². The summed E-state index contributed by atoms with van der Waals surface area (Å²) in [6, 6.07) is -1.67. The van der Waals surface area contributed by atoms with Crippen LogP contribution in [0, 0.1) is 0 Å². The van der Waals surface area contributed by atoms with E-state index < -0.39 is 6.00 Å². The molecule has 0 bridgehead atoms. The highest BCUT2D eigenvalue weighted by Gasteiger charge is 2.23. The molecule has 0 aliphatic rings. The number of halogens is 3. The molecule has 0 unspecified atom stereocenters. The van der Waals surface area contributed by atoms with E-state index in [0.717, 1.165) is 6.42 Å². The van der Waals surface area contributed by atoms with Crippen molar-refractivity contribution in [1.29, 1.82) is 0 Å². The van der Waals surface area contributed by atoms with Crippen LogP contribution in [0.1, 0.15) is 6.42 Å². The minimum atomic E-state index is -2.36. The van der Waals surface area contributed by atoms with E-state index in [1.165, 1.54) is 0 Å². The molecular formula is C4H9Cl3OSi. The lowest BCUT2D eigenvalue weighted by molar-refractivity contribution is 0.199. The van der Waals surface area contributed by atoms with Gasteiger partial charge in [0.05, 0.1) is 0 Å². The van der Waals surface area contributed by atoms with Crippen molar-refractivity contribution in [2.24, 2.45) is 0 Å². The maximum absolute atomic E-state index is 5.58. The van der Waals surface area contributed by atoms with Crippen LogP contribution < -0.4 is 0 Å². The maximum Gasteiger partial charge on any atom is 0.341 e. The largest absolute Gasteiger partial charge is 0.385 e. The molecule has 1 nitrogen and oxygen atoms in total. The zero-order chi connectivity index (χ0) is 7.33. The highest BCUT2D eigenvalue weighted by atomic mass is 35.8. The van der Waals surface area contributed by atoms with E-state index in [2.05, 4.69) is 0 Å². The summed E-state index contributed by atoms with van der Waals surface area (Å²) < 4.78 is 4.78. The molecule has 0 atom stereocenters. The van der Waals surface area contributed by atoms with Gasteiger partial charge in [-0.2, -0.15) is 0 Å². The van der Waals surface area contributed by atoms with E-state index in [1.54, 1.807) is 7.11 Å². The van der Waals surface area contributed by atoms with Crippen molar-refractivity contribution < 1.29 is 4.74 Å². The van der Waals surface area contributed by atoms with E-state index in [-0.39, 0.29) is 0 Å². The number of methoxy groups -OCH3 is 1. The Morgan fingerprint density at radius 1 is 1.33 bits per heavy atom. The number of ether oxygens (including phenoxy) is 1. The van der Waals surface area contributed by atoms with E-state index in [1.807, 2.05) is 0 Å². The lowest BCUT2D eigenvalue weighted by atomic mass is 10.5. The minimum Gasteiger partial charge on any atom is -0.385 e. The van der Waals surface area contributed by atoms with Gasteiger partial charge in [-0.15, -0.1) is 33.2 Å². The minimum absolute atomic E-state index is 0.681. The van der Waals surface area contributed by atoms with Gasteiger partial charge in [-0.1, -0.05) is 0 Å². The van der Waals surface area contributed by atoms with Gasteiger partial charge in [0, 0.05) is 13.7 Å². The van der Waals surface area contributed by atoms with Gasteiger partial charge < -0.3 is 4.74 Å². The lowest BCUT2D eigenvalue weighted by Crippen LogP contribution is -2.09. The molecule has 0 radical (unpaired) electrons. The molecule has 0 aromatic heterocycles. The second-order valence-corrected chi connectivity index (χ2v) is 11.0. The van der Waals surface area contributed by atoms with Crippen LogP contribution in [0.2, 0.25) is 6.04 Å². The average molecular weight is 208 g/mol. The van der Waals surface area contributed by atoms with Crippen LogP contribution >= 0.6 is 33.2 Å². The van der Waals surface area contributed by atoms with Crippen molar-refractivity contribution in [3.8, 4) is 0 Å². The third-order valence-corrected chi connectivity index (χ3v) is 3.43. The molecule has 0 aromatic rings. The zero-order valence-corrected chi connectivity index (χ0v) is 8.43. The molecule has 0 saturated carbocycles. The second-order valence-electron chi connectivity index (χ2n) is 1.71. The van der Waals surface area contributed by atoms with Gasteiger partial charge in [-0.05, 0) is 12.5 Å². The van der Waals surface area contributed by atoms with Crippen LogP contribution in [0.3, 0.4) is 0 Å². The Kier molecular flexibility index (Phi) is 5.36. The van der Waals surface area contributed by atoms with Gasteiger partial charge in [-0.25, -0.2) is 0 Å². The molecule has 9 heavy (non-hydrogen) atoms. The van der Waals surface area contributed by atoms with Crippen LogP contribution in [-0.4, -0.2) is 19.7 Å². The van der Waals surface area contributed by atoms with Gasteiger partial charge in [0.2, 0.25) is 0 Å². The Hall–Kier alpha value is 1.05. The quantitative estimate of drug-likeness (QED) is 0.391. The normalized spacial score (nSPS) is 12.0. The fraction of sp³-hybridized carbons (Fsp3) is 1.00. The molecule has 0 rings (SSSR count). The standard InChI is InChI=1S/C4H9Cl3OSi/c1-8-3-2-4-9(5,6)7/h2-4H2,1H3. The third-order valence-electron chi connectivity index (χ3n) is 0.809. The fourth-order valence-electron chi connectivity index (χ4n) is 0.417. The topological polar surface area (TPSA) is 9.23 Å². The van der Waals surface area contributed by atoms with Gasteiger partial charge in [0.15, 0.2) is 0 Å². The Morgan fingerprint density at radius 2 is 1.89 bits per heavy atom. The molecule has 0 heterocycles. The third kappa shape index (κ3) is 9.05. The highest BCUT2D eigenvalue weighted by Crippen LogP contribution is 2.25. The van der Waals surface area contributed by atoms with Crippen molar-refractivity contribution in [3.63, 3.8) is 0 Å². The number of rotatable bonds is 4. The Morgan fingerprint density at radius 3 is 2.22 bits per heavy atom. The van der Waals surface area contributed by atoms with Crippen LogP contribution in [-0.2, 0) is 4.74 Å². The fourth-order valence-corrected chi connectivity index (χ4v) is 2.16. The first-order valence-electron chi connectivity index (χ1n) is 2.62. The van der Waals surface area contributed by atoms with Crippen molar-refractivity contribution in [1.82, 2.24) is 0 Å². The Labute approximate surface area is 70.4 Å². The summed E-state index contributed by atoms with van der Waals surface area (Å²) in [7, 11) is 1.64. The molecule has 0 aliphatic heterocycles. The molecule has 0 amide bonds.